The molecule has 0 heterocycles. The quantitative estimate of drug-likeness (QED) is 0.633. The zero-order valence-electron chi connectivity index (χ0n) is 8.50. The summed E-state index contributed by atoms with van der Waals surface area (Å²) in [5.74, 6) is 0.875. The van der Waals surface area contributed by atoms with Crippen LogP contribution in [0.3, 0.4) is 0 Å². The number of carbonyl (C=O) groups excluding carboxylic acids is 1. The third kappa shape index (κ3) is 1.31. The molecule has 2 heteroatoms. The Kier molecular flexibility index (Phi) is 1.91. The van der Waals surface area contributed by atoms with Crippen LogP contribution in [0.2, 0.25) is 0 Å². The molecule has 1 aromatic carbocycles. The lowest BCUT2D eigenvalue weighted by molar-refractivity contribution is 0.0943. The smallest absolute Gasteiger partial charge is 0.163 e. The van der Waals surface area contributed by atoms with Crippen LogP contribution in [0.5, 0.6) is 0 Å². The highest BCUT2D eigenvalue weighted by Crippen LogP contribution is 2.46. The molecule has 0 bridgehead atoms. The van der Waals surface area contributed by atoms with Gasteiger partial charge in [0.1, 0.15) is 5.82 Å². The Balaban J connectivity index is 2.14. The van der Waals surface area contributed by atoms with Crippen LogP contribution in [0.15, 0.2) is 18.2 Å². The number of ketones is 1. The van der Waals surface area contributed by atoms with E-state index in [0.29, 0.717) is 23.8 Å². The van der Waals surface area contributed by atoms with Gasteiger partial charge in [0.2, 0.25) is 0 Å². The minimum absolute atomic E-state index is 0.132. The molecule has 2 aliphatic rings. The average molecular weight is 204 g/mol. The Morgan fingerprint density at radius 1 is 1.27 bits per heavy atom. The van der Waals surface area contributed by atoms with E-state index < -0.39 is 0 Å². The normalized spacial score (nSPS) is 28.7. The molecule has 2 atom stereocenters. The standard InChI is InChI=1S/C13H13FO/c14-9-4-5-11-10-3-1-2-8(10)6-13(15)12(11)7-9/h4-5,7-8,10H,1-3,6H2/t8-,10-/m0/s1. The summed E-state index contributed by atoms with van der Waals surface area (Å²) >= 11 is 0. The van der Waals surface area contributed by atoms with E-state index in [-0.39, 0.29) is 11.6 Å². The second-order valence-electron chi connectivity index (χ2n) is 4.66. The van der Waals surface area contributed by atoms with Gasteiger partial charge in [-0.15, -0.1) is 0 Å². The van der Waals surface area contributed by atoms with Crippen molar-refractivity contribution in [1.82, 2.24) is 0 Å². The van der Waals surface area contributed by atoms with Crippen molar-refractivity contribution in [2.24, 2.45) is 5.92 Å². The van der Waals surface area contributed by atoms with Gasteiger partial charge in [-0.3, -0.25) is 4.79 Å². The van der Waals surface area contributed by atoms with Crippen molar-refractivity contribution >= 4 is 5.78 Å². The van der Waals surface area contributed by atoms with Crippen LogP contribution in [0, 0.1) is 11.7 Å². The zero-order chi connectivity index (χ0) is 10.4. The Labute approximate surface area is 88.3 Å². The molecule has 0 aromatic heterocycles. The molecule has 1 nitrogen and oxygen atoms in total. The third-order valence-electron chi connectivity index (χ3n) is 3.82. The molecule has 0 saturated heterocycles. The Morgan fingerprint density at radius 3 is 3.00 bits per heavy atom. The first kappa shape index (κ1) is 9.08. The lowest BCUT2D eigenvalue weighted by atomic mass is 9.76. The number of benzene rings is 1. The summed E-state index contributed by atoms with van der Waals surface area (Å²) in [5, 5.41) is 0. The van der Waals surface area contributed by atoms with Crippen molar-refractivity contribution in [2.75, 3.05) is 0 Å². The van der Waals surface area contributed by atoms with Crippen LogP contribution in [0.4, 0.5) is 4.39 Å². The van der Waals surface area contributed by atoms with Gasteiger partial charge < -0.3 is 0 Å². The highest BCUT2D eigenvalue weighted by Gasteiger charge is 2.36. The molecule has 1 fully saturated rings. The second kappa shape index (κ2) is 3.16. The van der Waals surface area contributed by atoms with Crippen molar-refractivity contribution in [2.45, 2.75) is 31.6 Å². The lowest BCUT2D eigenvalue weighted by Gasteiger charge is -2.27. The topological polar surface area (TPSA) is 17.1 Å². The monoisotopic (exact) mass is 204 g/mol. The minimum atomic E-state index is -0.293. The van der Waals surface area contributed by atoms with Gasteiger partial charge in [0.15, 0.2) is 5.78 Å². The van der Waals surface area contributed by atoms with Crippen LogP contribution in [0.1, 0.15) is 47.5 Å². The first-order chi connectivity index (χ1) is 7.25. The zero-order valence-corrected chi connectivity index (χ0v) is 8.50. The molecule has 1 saturated carbocycles. The molecular formula is C13H13FO. The molecule has 0 spiro atoms. The van der Waals surface area contributed by atoms with Gasteiger partial charge in [0.25, 0.3) is 0 Å². The first-order valence-corrected chi connectivity index (χ1v) is 5.58. The largest absolute Gasteiger partial charge is 0.294 e. The number of hydrogen-bond donors (Lipinski definition) is 0. The molecule has 0 aliphatic heterocycles. The van der Waals surface area contributed by atoms with Gasteiger partial charge >= 0.3 is 0 Å². The van der Waals surface area contributed by atoms with Crippen LogP contribution >= 0.6 is 0 Å². The molecule has 0 N–H and O–H groups in total. The van der Waals surface area contributed by atoms with Gasteiger partial charge in [-0.1, -0.05) is 12.5 Å². The van der Waals surface area contributed by atoms with Crippen LogP contribution in [-0.4, -0.2) is 5.78 Å². The van der Waals surface area contributed by atoms with Crippen molar-refractivity contribution < 1.29 is 9.18 Å². The van der Waals surface area contributed by atoms with Gasteiger partial charge in [-0.05, 0) is 42.4 Å². The maximum absolute atomic E-state index is 13.1. The summed E-state index contributed by atoms with van der Waals surface area (Å²) in [5.41, 5.74) is 1.73. The SMILES string of the molecule is O=C1C[C@@H]2CCC[C@@H]2c2ccc(F)cc21. The number of Topliss-reactive ketones (excluding diaryl/α,β-unsaturated/α-hetero) is 1. The maximum Gasteiger partial charge on any atom is 0.163 e. The molecule has 1 aromatic rings. The first-order valence-electron chi connectivity index (χ1n) is 5.58. The van der Waals surface area contributed by atoms with Crippen molar-refractivity contribution in [3.63, 3.8) is 0 Å². The summed E-state index contributed by atoms with van der Waals surface area (Å²) in [6.45, 7) is 0. The molecule has 0 unspecified atom stereocenters. The summed E-state index contributed by atoms with van der Waals surface area (Å²) < 4.78 is 13.1. The lowest BCUT2D eigenvalue weighted by Crippen LogP contribution is -2.21. The Morgan fingerprint density at radius 2 is 2.13 bits per heavy atom. The Hall–Kier alpha value is -1.18. The molecule has 0 amide bonds. The van der Waals surface area contributed by atoms with E-state index in [1.165, 1.54) is 18.6 Å². The molecule has 0 radical (unpaired) electrons. The number of carbonyl (C=O) groups is 1. The predicted octanol–water partition coefficient (Wildman–Crippen LogP) is 3.30. The molecule has 2 aliphatic carbocycles. The van der Waals surface area contributed by atoms with E-state index in [2.05, 4.69) is 0 Å². The van der Waals surface area contributed by atoms with E-state index in [1.807, 2.05) is 6.07 Å². The Bertz CT molecular complexity index is 425. The number of fused-ring (bicyclic) bond motifs is 3. The van der Waals surface area contributed by atoms with Crippen LogP contribution < -0.4 is 0 Å². The van der Waals surface area contributed by atoms with Gasteiger partial charge in [-0.2, -0.15) is 0 Å². The molecule has 3 rings (SSSR count). The van der Waals surface area contributed by atoms with E-state index in [1.54, 1.807) is 0 Å². The van der Waals surface area contributed by atoms with Crippen molar-refractivity contribution in [3.8, 4) is 0 Å². The van der Waals surface area contributed by atoms with Crippen LogP contribution in [-0.2, 0) is 0 Å². The molecule has 78 valence electrons. The van der Waals surface area contributed by atoms with E-state index in [0.717, 1.165) is 18.4 Å². The fourth-order valence-electron chi connectivity index (χ4n) is 3.13. The molecular weight excluding hydrogens is 191 g/mol. The van der Waals surface area contributed by atoms with Gasteiger partial charge in [0, 0.05) is 12.0 Å². The van der Waals surface area contributed by atoms with E-state index in [4.69, 9.17) is 0 Å². The highest BCUT2D eigenvalue weighted by atomic mass is 19.1. The van der Waals surface area contributed by atoms with Crippen molar-refractivity contribution in [1.29, 1.82) is 0 Å². The van der Waals surface area contributed by atoms with E-state index >= 15 is 0 Å². The second-order valence-corrected chi connectivity index (χ2v) is 4.66. The van der Waals surface area contributed by atoms with Crippen molar-refractivity contribution in [3.05, 3.63) is 35.1 Å². The highest BCUT2D eigenvalue weighted by molar-refractivity contribution is 5.99. The fraction of sp³-hybridized carbons (Fsp3) is 0.462. The molecule has 15 heavy (non-hydrogen) atoms. The van der Waals surface area contributed by atoms with Gasteiger partial charge in [0.05, 0.1) is 0 Å². The fourth-order valence-corrected chi connectivity index (χ4v) is 3.13. The number of halogens is 1. The number of hydrogen-bond acceptors (Lipinski definition) is 1. The maximum atomic E-state index is 13.1. The summed E-state index contributed by atoms with van der Waals surface area (Å²) in [4.78, 5) is 11.8. The minimum Gasteiger partial charge on any atom is -0.294 e. The summed E-state index contributed by atoms with van der Waals surface area (Å²) in [6, 6.07) is 4.70. The van der Waals surface area contributed by atoms with Crippen LogP contribution in [0.25, 0.3) is 0 Å². The van der Waals surface area contributed by atoms with Gasteiger partial charge in [-0.25, -0.2) is 4.39 Å². The van der Waals surface area contributed by atoms with E-state index in [9.17, 15) is 9.18 Å². The summed E-state index contributed by atoms with van der Waals surface area (Å²) in [7, 11) is 0. The number of rotatable bonds is 0. The average Bonchev–Trinajstić information content (AvgIpc) is 2.66. The third-order valence-corrected chi connectivity index (χ3v) is 3.82. The predicted molar refractivity (Wildman–Crippen MR) is 55.4 cm³/mol. The summed E-state index contributed by atoms with van der Waals surface area (Å²) in [6.07, 6.45) is 4.16.